The van der Waals surface area contributed by atoms with Gasteiger partial charge in [0.25, 0.3) is 0 Å². The molecule has 0 heteroatoms. The maximum atomic E-state index is 2.42. The lowest BCUT2D eigenvalue weighted by atomic mass is 9.95. The molecule has 2 rings (SSSR count). The van der Waals surface area contributed by atoms with Crippen LogP contribution in [0.2, 0.25) is 0 Å². The Morgan fingerprint density at radius 1 is 1.27 bits per heavy atom. The highest BCUT2D eigenvalue weighted by Gasteiger charge is 2.21. The SMILES string of the molecule is CC1=CC2=C(CC1)CC(C)C2. The van der Waals surface area contributed by atoms with Crippen LogP contribution in [-0.4, -0.2) is 0 Å². The van der Waals surface area contributed by atoms with E-state index < -0.39 is 0 Å². The van der Waals surface area contributed by atoms with Crippen molar-refractivity contribution in [1.29, 1.82) is 0 Å². The van der Waals surface area contributed by atoms with Gasteiger partial charge in [-0.25, -0.2) is 0 Å². The van der Waals surface area contributed by atoms with Crippen molar-refractivity contribution in [2.75, 3.05) is 0 Å². The predicted octanol–water partition coefficient (Wildman–Crippen LogP) is 3.45. The van der Waals surface area contributed by atoms with E-state index in [1.165, 1.54) is 25.7 Å². The summed E-state index contributed by atoms with van der Waals surface area (Å²) in [6.07, 6.45) is 7.79. The second kappa shape index (κ2) is 2.51. The van der Waals surface area contributed by atoms with Crippen molar-refractivity contribution in [2.24, 2.45) is 5.92 Å². The van der Waals surface area contributed by atoms with E-state index in [-0.39, 0.29) is 0 Å². The molecule has 60 valence electrons. The number of hydrogen-bond donors (Lipinski definition) is 0. The molecule has 11 heavy (non-hydrogen) atoms. The average Bonchev–Trinajstić information content (AvgIpc) is 2.27. The van der Waals surface area contributed by atoms with Crippen LogP contribution in [0.1, 0.15) is 39.5 Å². The van der Waals surface area contributed by atoms with Gasteiger partial charge in [-0.2, -0.15) is 0 Å². The van der Waals surface area contributed by atoms with E-state index in [0.717, 1.165) is 5.92 Å². The molecule has 1 atom stereocenters. The summed E-state index contributed by atoms with van der Waals surface area (Å²) in [6.45, 7) is 4.62. The van der Waals surface area contributed by atoms with Gasteiger partial charge < -0.3 is 0 Å². The zero-order valence-corrected chi connectivity index (χ0v) is 7.48. The fraction of sp³-hybridized carbons (Fsp3) is 0.636. The Labute approximate surface area is 69.0 Å². The minimum absolute atomic E-state index is 0.919. The quantitative estimate of drug-likeness (QED) is 0.493. The highest BCUT2D eigenvalue weighted by atomic mass is 14.3. The zero-order valence-electron chi connectivity index (χ0n) is 7.48. The van der Waals surface area contributed by atoms with Gasteiger partial charge in [0.1, 0.15) is 0 Å². The van der Waals surface area contributed by atoms with Crippen LogP contribution < -0.4 is 0 Å². The van der Waals surface area contributed by atoms with Crippen LogP contribution in [0.5, 0.6) is 0 Å². The van der Waals surface area contributed by atoms with Crippen molar-refractivity contribution < 1.29 is 0 Å². The molecule has 0 fully saturated rings. The maximum Gasteiger partial charge on any atom is -0.0250 e. The Morgan fingerprint density at radius 2 is 2.09 bits per heavy atom. The largest absolute Gasteiger partial charge is 0.0727 e. The van der Waals surface area contributed by atoms with Gasteiger partial charge in [-0.05, 0) is 44.1 Å². The first-order valence-electron chi connectivity index (χ1n) is 4.64. The van der Waals surface area contributed by atoms with Gasteiger partial charge in [-0.1, -0.05) is 24.1 Å². The normalized spacial score (nSPS) is 30.4. The topological polar surface area (TPSA) is 0 Å². The van der Waals surface area contributed by atoms with E-state index in [4.69, 9.17) is 0 Å². The first kappa shape index (κ1) is 7.15. The van der Waals surface area contributed by atoms with Gasteiger partial charge in [-0.3, -0.25) is 0 Å². The van der Waals surface area contributed by atoms with Crippen LogP contribution in [-0.2, 0) is 0 Å². The Morgan fingerprint density at radius 3 is 2.91 bits per heavy atom. The lowest BCUT2D eigenvalue weighted by Gasteiger charge is -2.11. The number of hydrogen-bond acceptors (Lipinski definition) is 0. The smallest absolute Gasteiger partial charge is 0.0250 e. The third-order valence-corrected chi connectivity index (χ3v) is 2.86. The highest BCUT2D eigenvalue weighted by Crippen LogP contribution is 2.38. The second-order valence-electron chi connectivity index (χ2n) is 4.13. The van der Waals surface area contributed by atoms with Crippen molar-refractivity contribution in [3.8, 4) is 0 Å². The number of allylic oxidation sites excluding steroid dienone is 4. The van der Waals surface area contributed by atoms with Crippen LogP contribution in [0.4, 0.5) is 0 Å². The molecule has 0 spiro atoms. The lowest BCUT2D eigenvalue weighted by Crippen LogP contribution is -1.91. The molecule has 0 aliphatic heterocycles. The fourth-order valence-electron chi connectivity index (χ4n) is 2.28. The summed E-state index contributed by atoms with van der Waals surface area (Å²) in [5.41, 5.74) is 5.00. The van der Waals surface area contributed by atoms with E-state index in [0.29, 0.717) is 0 Å². The summed E-state index contributed by atoms with van der Waals surface area (Å²) in [5, 5.41) is 0. The number of rotatable bonds is 0. The summed E-state index contributed by atoms with van der Waals surface area (Å²) in [5.74, 6) is 0.919. The molecule has 0 radical (unpaired) electrons. The molecular formula is C11H16. The molecule has 0 saturated heterocycles. The Bertz CT molecular complexity index is 230. The van der Waals surface area contributed by atoms with Gasteiger partial charge >= 0.3 is 0 Å². The van der Waals surface area contributed by atoms with Crippen LogP contribution in [0, 0.1) is 5.92 Å². The van der Waals surface area contributed by atoms with Crippen molar-refractivity contribution in [3.63, 3.8) is 0 Å². The minimum atomic E-state index is 0.919. The summed E-state index contributed by atoms with van der Waals surface area (Å²) in [7, 11) is 0. The maximum absolute atomic E-state index is 2.42. The van der Waals surface area contributed by atoms with Crippen molar-refractivity contribution in [1.82, 2.24) is 0 Å². The Kier molecular flexibility index (Phi) is 1.63. The third-order valence-electron chi connectivity index (χ3n) is 2.86. The third kappa shape index (κ3) is 1.26. The molecule has 1 unspecified atom stereocenters. The molecule has 0 saturated carbocycles. The standard InChI is InChI=1S/C11H16/c1-8-3-4-10-6-9(2)7-11(10)5-8/h5,9H,3-4,6-7H2,1-2H3. The molecule has 0 aromatic rings. The molecule has 0 bridgehead atoms. The van der Waals surface area contributed by atoms with Gasteiger partial charge in [0.15, 0.2) is 0 Å². The summed E-state index contributed by atoms with van der Waals surface area (Å²) in [6, 6.07) is 0. The molecule has 0 aromatic heterocycles. The molecule has 2 aliphatic carbocycles. The van der Waals surface area contributed by atoms with Crippen LogP contribution in [0.15, 0.2) is 22.8 Å². The Hall–Kier alpha value is -0.520. The monoisotopic (exact) mass is 148 g/mol. The molecule has 2 aliphatic rings. The van der Waals surface area contributed by atoms with E-state index in [9.17, 15) is 0 Å². The fourth-order valence-corrected chi connectivity index (χ4v) is 2.28. The summed E-state index contributed by atoms with van der Waals surface area (Å²) >= 11 is 0. The van der Waals surface area contributed by atoms with Crippen LogP contribution in [0.3, 0.4) is 0 Å². The van der Waals surface area contributed by atoms with Crippen LogP contribution in [0.25, 0.3) is 0 Å². The lowest BCUT2D eigenvalue weighted by molar-refractivity contribution is 0.617. The van der Waals surface area contributed by atoms with Crippen LogP contribution >= 0.6 is 0 Å². The van der Waals surface area contributed by atoms with Gasteiger partial charge in [0.2, 0.25) is 0 Å². The molecule has 0 heterocycles. The second-order valence-corrected chi connectivity index (χ2v) is 4.13. The molecule has 0 nitrogen and oxygen atoms in total. The molecular weight excluding hydrogens is 132 g/mol. The molecule has 0 amide bonds. The highest BCUT2D eigenvalue weighted by molar-refractivity contribution is 5.36. The summed E-state index contributed by atoms with van der Waals surface area (Å²) in [4.78, 5) is 0. The van der Waals surface area contributed by atoms with E-state index >= 15 is 0 Å². The molecule has 0 aromatic carbocycles. The zero-order chi connectivity index (χ0) is 7.84. The van der Waals surface area contributed by atoms with E-state index in [1.807, 2.05) is 0 Å². The van der Waals surface area contributed by atoms with Crippen molar-refractivity contribution >= 4 is 0 Å². The molecule has 0 N–H and O–H groups in total. The predicted molar refractivity (Wildman–Crippen MR) is 48.4 cm³/mol. The van der Waals surface area contributed by atoms with Crippen molar-refractivity contribution in [2.45, 2.75) is 39.5 Å². The van der Waals surface area contributed by atoms with Crippen molar-refractivity contribution in [3.05, 3.63) is 22.8 Å². The van der Waals surface area contributed by atoms with Gasteiger partial charge in [-0.15, -0.1) is 0 Å². The summed E-state index contributed by atoms with van der Waals surface area (Å²) < 4.78 is 0. The van der Waals surface area contributed by atoms with Gasteiger partial charge in [0, 0.05) is 0 Å². The van der Waals surface area contributed by atoms with Gasteiger partial charge in [0.05, 0.1) is 0 Å². The average molecular weight is 148 g/mol. The first-order valence-corrected chi connectivity index (χ1v) is 4.64. The minimum Gasteiger partial charge on any atom is -0.0727 e. The first-order chi connectivity index (χ1) is 5.25. The van der Waals surface area contributed by atoms with E-state index in [2.05, 4.69) is 19.9 Å². The Balaban J connectivity index is 2.23. The van der Waals surface area contributed by atoms with E-state index in [1.54, 1.807) is 16.7 Å².